The molecule has 2 rings (SSSR count). The van der Waals surface area contributed by atoms with Crippen LogP contribution < -0.4 is 10.6 Å². The predicted octanol–water partition coefficient (Wildman–Crippen LogP) is 0.888. The summed E-state index contributed by atoms with van der Waals surface area (Å²) in [6.45, 7) is 0.763. The van der Waals surface area contributed by atoms with E-state index in [4.69, 9.17) is 5.11 Å². The molecule has 1 saturated heterocycles. The van der Waals surface area contributed by atoms with Crippen LogP contribution in [-0.2, 0) is 9.59 Å². The number of aliphatic carboxylic acids is 1. The fraction of sp³-hybridized carbons (Fsp3) is 0.846. The molecule has 18 heavy (non-hydrogen) atoms. The van der Waals surface area contributed by atoms with Crippen LogP contribution in [-0.4, -0.2) is 35.6 Å². The van der Waals surface area contributed by atoms with Gasteiger partial charge in [0.25, 0.3) is 0 Å². The lowest BCUT2D eigenvalue weighted by molar-refractivity contribution is -0.143. The molecule has 5 nitrogen and oxygen atoms in total. The zero-order valence-electron chi connectivity index (χ0n) is 10.7. The first-order valence-electron chi connectivity index (χ1n) is 6.93. The molecule has 0 bridgehead atoms. The Bertz CT molecular complexity index is 319. The van der Waals surface area contributed by atoms with E-state index in [0.717, 1.165) is 45.1 Å². The van der Waals surface area contributed by atoms with Crippen LogP contribution in [0.15, 0.2) is 0 Å². The summed E-state index contributed by atoms with van der Waals surface area (Å²) in [5, 5.41) is 15.3. The van der Waals surface area contributed by atoms with Crippen LogP contribution in [0, 0.1) is 5.92 Å². The number of nitrogens with one attached hydrogen (secondary N) is 2. The van der Waals surface area contributed by atoms with Crippen molar-refractivity contribution in [2.24, 2.45) is 5.92 Å². The molecule has 0 spiro atoms. The molecule has 0 aromatic heterocycles. The van der Waals surface area contributed by atoms with Crippen LogP contribution in [0.1, 0.15) is 44.9 Å². The lowest BCUT2D eigenvalue weighted by Crippen LogP contribution is -2.49. The van der Waals surface area contributed by atoms with Crippen LogP contribution in [0.25, 0.3) is 0 Å². The number of carboxylic acid groups (broad SMARTS) is 1. The molecule has 0 radical (unpaired) electrons. The number of carbonyl (C=O) groups excluding carboxylic acids is 1. The molecule has 3 atom stereocenters. The van der Waals surface area contributed by atoms with E-state index in [0.29, 0.717) is 6.42 Å². The number of carbonyl (C=O) groups is 2. The molecule has 2 aliphatic rings. The summed E-state index contributed by atoms with van der Waals surface area (Å²) in [7, 11) is 0. The maximum Gasteiger partial charge on any atom is 0.306 e. The lowest BCUT2D eigenvalue weighted by atomic mass is 9.85. The third-order valence-electron chi connectivity index (χ3n) is 4.00. The molecule has 1 amide bonds. The van der Waals surface area contributed by atoms with Crippen molar-refractivity contribution in [3.8, 4) is 0 Å². The second-order valence-corrected chi connectivity index (χ2v) is 5.40. The SMILES string of the molecule is O=C(O)C1CCCC(NC2CCCCNC2=O)C1. The highest BCUT2D eigenvalue weighted by Crippen LogP contribution is 2.25. The van der Waals surface area contributed by atoms with Crippen molar-refractivity contribution in [1.82, 2.24) is 10.6 Å². The van der Waals surface area contributed by atoms with Crippen LogP contribution >= 0.6 is 0 Å². The fourth-order valence-electron chi connectivity index (χ4n) is 2.95. The fourth-order valence-corrected chi connectivity index (χ4v) is 2.95. The van der Waals surface area contributed by atoms with Gasteiger partial charge >= 0.3 is 5.97 Å². The highest BCUT2D eigenvalue weighted by molar-refractivity contribution is 5.82. The van der Waals surface area contributed by atoms with Crippen molar-refractivity contribution >= 4 is 11.9 Å². The van der Waals surface area contributed by atoms with Gasteiger partial charge < -0.3 is 15.7 Å². The highest BCUT2D eigenvalue weighted by atomic mass is 16.4. The summed E-state index contributed by atoms with van der Waals surface area (Å²) in [5.74, 6) is -0.873. The van der Waals surface area contributed by atoms with Crippen molar-refractivity contribution in [2.75, 3.05) is 6.54 Å². The minimum Gasteiger partial charge on any atom is -0.481 e. The van der Waals surface area contributed by atoms with E-state index in [1.165, 1.54) is 0 Å². The van der Waals surface area contributed by atoms with E-state index in [9.17, 15) is 9.59 Å². The first kappa shape index (κ1) is 13.3. The number of hydrogen-bond donors (Lipinski definition) is 3. The molecule has 1 saturated carbocycles. The summed E-state index contributed by atoms with van der Waals surface area (Å²) in [5.41, 5.74) is 0. The molecule has 1 heterocycles. The Morgan fingerprint density at radius 2 is 2.06 bits per heavy atom. The standard InChI is InChI=1S/C13H22N2O3/c16-12-11(6-1-2-7-14-12)15-10-5-3-4-9(8-10)13(17)18/h9-11,15H,1-8H2,(H,14,16)(H,17,18). The Labute approximate surface area is 107 Å². The number of amides is 1. The second kappa shape index (κ2) is 6.18. The van der Waals surface area contributed by atoms with Gasteiger partial charge in [0.2, 0.25) is 5.91 Å². The molecule has 5 heteroatoms. The zero-order chi connectivity index (χ0) is 13.0. The van der Waals surface area contributed by atoms with E-state index in [1.54, 1.807) is 0 Å². The van der Waals surface area contributed by atoms with Crippen molar-refractivity contribution in [3.05, 3.63) is 0 Å². The third kappa shape index (κ3) is 3.45. The lowest BCUT2D eigenvalue weighted by Gasteiger charge is -2.30. The Balaban J connectivity index is 1.87. The van der Waals surface area contributed by atoms with E-state index < -0.39 is 5.97 Å². The Kier molecular flexibility index (Phi) is 4.58. The molecule has 0 aromatic rings. The average Bonchev–Trinajstić information content (AvgIpc) is 2.55. The van der Waals surface area contributed by atoms with Crippen molar-refractivity contribution < 1.29 is 14.7 Å². The Morgan fingerprint density at radius 1 is 1.22 bits per heavy atom. The normalized spacial score (nSPS) is 33.6. The van der Waals surface area contributed by atoms with Gasteiger partial charge in [-0.3, -0.25) is 9.59 Å². The monoisotopic (exact) mass is 254 g/mol. The minimum absolute atomic E-state index is 0.0740. The molecule has 1 aliphatic heterocycles. The van der Waals surface area contributed by atoms with E-state index in [1.807, 2.05) is 0 Å². The minimum atomic E-state index is -0.702. The molecular formula is C13H22N2O3. The molecule has 0 aromatic carbocycles. The van der Waals surface area contributed by atoms with Gasteiger partial charge in [-0.1, -0.05) is 6.42 Å². The van der Waals surface area contributed by atoms with Crippen LogP contribution in [0.4, 0.5) is 0 Å². The van der Waals surface area contributed by atoms with Crippen LogP contribution in [0.5, 0.6) is 0 Å². The van der Waals surface area contributed by atoms with Crippen molar-refractivity contribution in [1.29, 1.82) is 0 Å². The second-order valence-electron chi connectivity index (χ2n) is 5.40. The Hall–Kier alpha value is -1.10. The number of hydrogen-bond acceptors (Lipinski definition) is 3. The molecule has 3 N–H and O–H groups in total. The van der Waals surface area contributed by atoms with Gasteiger partial charge in [-0.25, -0.2) is 0 Å². The van der Waals surface area contributed by atoms with Crippen LogP contribution in [0.3, 0.4) is 0 Å². The van der Waals surface area contributed by atoms with Gasteiger partial charge in [0.1, 0.15) is 0 Å². The average molecular weight is 254 g/mol. The smallest absolute Gasteiger partial charge is 0.306 e. The summed E-state index contributed by atoms with van der Waals surface area (Å²) in [6, 6.07) is 0.0405. The first-order chi connectivity index (χ1) is 8.66. The van der Waals surface area contributed by atoms with Gasteiger partial charge in [-0.15, -0.1) is 0 Å². The predicted molar refractivity (Wildman–Crippen MR) is 67.2 cm³/mol. The highest BCUT2D eigenvalue weighted by Gasteiger charge is 2.30. The maximum atomic E-state index is 11.8. The Morgan fingerprint density at radius 3 is 2.83 bits per heavy atom. The molecule has 1 aliphatic carbocycles. The summed E-state index contributed by atoms with van der Waals surface area (Å²) >= 11 is 0. The van der Waals surface area contributed by atoms with Gasteiger partial charge in [0.15, 0.2) is 0 Å². The van der Waals surface area contributed by atoms with Crippen LogP contribution in [0.2, 0.25) is 0 Å². The maximum absolute atomic E-state index is 11.8. The van der Waals surface area contributed by atoms with Crippen molar-refractivity contribution in [2.45, 2.75) is 57.0 Å². The summed E-state index contributed by atoms with van der Waals surface area (Å²) < 4.78 is 0. The quantitative estimate of drug-likeness (QED) is 0.699. The zero-order valence-corrected chi connectivity index (χ0v) is 10.7. The number of carboxylic acids is 1. The number of rotatable bonds is 3. The molecule has 3 unspecified atom stereocenters. The van der Waals surface area contributed by atoms with Gasteiger partial charge in [0.05, 0.1) is 12.0 Å². The molecule has 102 valence electrons. The van der Waals surface area contributed by atoms with E-state index in [2.05, 4.69) is 10.6 Å². The van der Waals surface area contributed by atoms with E-state index in [-0.39, 0.29) is 23.9 Å². The van der Waals surface area contributed by atoms with E-state index >= 15 is 0 Å². The summed E-state index contributed by atoms with van der Waals surface area (Å²) in [6.07, 6.45) is 6.28. The largest absolute Gasteiger partial charge is 0.481 e. The third-order valence-corrected chi connectivity index (χ3v) is 4.00. The van der Waals surface area contributed by atoms with Gasteiger partial charge in [-0.05, 0) is 38.5 Å². The first-order valence-corrected chi connectivity index (χ1v) is 6.93. The summed E-state index contributed by atoms with van der Waals surface area (Å²) in [4.78, 5) is 22.8. The van der Waals surface area contributed by atoms with Gasteiger partial charge in [-0.2, -0.15) is 0 Å². The van der Waals surface area contributed by atoms with Crippen molar-refractivity contribution in [3.63, 3.8) is 0 Å². The molecular weight excluding hydrogens is 232 g/mol. The topological polar surface area (TPSA) is 78.4 Å². The van der Waals surface area contributed by atoms with Gasteiger partial charge in [0, 0.05) is 12.6 Å². The molecule has 2 fully saturated rings.